The minimum absolute atomic E-state index is 0.143. The van der Waals surface area contributed by atoms with Gasteiger partial charge in [0.25, 0.3) is 0 Å². The standard InChI is InChI=1S/C14H30N2O2/c1-6-7-8-9-15-13(18)16-10-14(4,5)12(17)11(2)3/h11-12,17H,6-10H2,1-5H3,(H2,15,16,18). The van der Waals surface area contributed by atoms with Gasteiger partial charge in [-0.15, -0.1) is 0 Å². The number of carbonyl (C=O) groups is 1. The zero-order valence-electron chi connectivity index (χ0n) is 12.5. The largest absolute Gasteiger partial charge is 0.392 e. The molecule has 1 unspecified atom stereocenters. The number of hydrogen-bond donors (Lipinski definition) is 3. The molecule has 18 heavy (non-hydrogen) atoms. The molecule has 0 fully saturated rings. The molecule has 0 rings (SSSR count). The fraction of sp³-hybridized carbons (Fsp3) is 0.929. The summed E-state index contributed by atoms with van der Waals surface area (Å²) in [6.07, 6.45) is 2.88. The molecular weight excluding hydrogens is 228 g/mol. The molecule has 0 aromatic rings. The van der Waals surface area contributed by atoms with Crippen molar-refractivity contribution in [3.63, 3.8) is 0 Å². The van der Waals surface area contributed by atoms with E-state index in [9.17, 15) is 9.90 Å². The van der Waals surface area contributed by atoms with Crippen molar-refractivity contribution in [1.82, 2.24) is 10.6 Å². The Hall–Kier alpha value is -0.770. The maximum absolute atomic E-state index is 11.5. The summed E-state index contributed by atoms with van der Waals surface area (Å²) in [5.41, 5.74) is -0.311. The van der Waals surface area contributed by atoms with Gasteiger partial charge in [-0.05, 0) is 12.3 Å². The van der Waals surface area contributed by atoms with Crippen molar-refractivity contribution < 1.29 is 9.90 Å². The van der Waals surface area contributed by atoms with Crippen LogP contribution >= 0.6 is 0 Å². The molecule has 0 saturated heterocycles. The van der Waals surface area contributed by atoms with E-state index in [1.807, 2.05) is 27.7 Å². The molecule has 1 atom stereocenters. The third-order valence-electron chi connectivity index (χ3n) is 3.20. The van der Waals surface area contributed by atoms with Gasteiger partial charge in [0.05, 0.1) is 6.10 Å². The highest BCUT2D eigenvalue weighted by atomic mass is 16.3. The SMILES string of the molecule is CCCCCNC(=O)NCC(C)(C)C(O)C(C)C. The molecule has 108 valence electrons. The molecule has 0 aliphatic rings. The number of carbonyl (C=O) groups excluding carboxylic acids is 1. The normalized spacial score (nSPS) is 13.5. The Bertz CT molecular complexity index is 240. The van der Waals surface area contributed by atoms with Crippen molar-refractivity contribution in [3.05, 3.63) is 0 Å². The van der Waals surface area contributed by atoms with Crippen LogP contribution in [-0.4, -0.2) is 30.3 Å². The second kappa shape index (κ2) is 8.35. The van der Waals surface area contributed by atoms with Crippen molar-refractivity contribution in [1.29, 1.82) is 0 Å². The minimum Gasteiger partial charge on any atom is -0.392 e. The molecule has 0 aromatic heterocycles. The van der Waals surface area contributed by atoms with E-state index in [0.717, 1.165) is 19.3 Å². The first-order chi connectivity index (χ1) is 8.31. The molecule has 0 aliphatic heterocycles. The van der Waals surface area contributed by atoms with E-state index < -0.39 is 6.10 Å². The predicted molar refractivity (Wildman–Crippen MR) is 75.6 cm³/mol. The zero-order chi connectivity index (χ0) is 14.2. The van der Waals surface area contributed by atoms with Crippen LogP contribution in [0, 0.1) is 11.3 Å². The lowest BCUT2D eigenvalue weighted by Gasteiger charge is -2.33. The Kier molecular flexibility index (Phi) is 8.00. The fourth-order valence-corrected chi connectivity index (χ4v) is 1.95. The molecule has 2 amide bonds. The Balaban J connectivity index is 3.89. The van der Waals surface area contributed by atoms with Crippen LogP contribution in [0.25, 0.3) is 0 Å². The second-order valence-corrected chi connectivity index (χ2v) is 5.99. The van der Waals surface area contributed by atoms with Crippen LogP contribution in [0.15, 0.2) is 0 Å². The molecule has 3 N–H and O–H groups in total. The molecule has 0 bridgehead atoms. The quantitative estimate of drug-likeness (QED) is 0.586. The monoisotopic (exact) mass is 258 g/mol. The maximum Gasteiger partial charge on any atom is 0.314 e. The van der Waals surface area contributed by atoms with E-state index >= 15 is 0 Å². The van der Waals surface area contributed by atoms with Gasteiger partial charge in [-0.1, -0.05) is 47.5 Å². The van der Waals surface area contributed by atoms with E-state index in [-0.39, 0.29) is 17.4 Å². The Morgan fingerprint density at radius 2 is 1.83 bits per heavy atom. The van der Waals surface area contributed by atoms with Crippen LogP contribution in [0.5, 0.6) is 0 Å². The van der Waals surface area contributed by atoms with Gasteiger partial charge in [-0.25, -0.2) is 4.79 Å². The van der Waals surface area contributed by atoms with Gasteiger partial charge in [0.15, 0.2) is 0 Å². The number of rotatable bonds is 8. The van der Waals surface area contributed by atoms with E-state index in [4.69, 9.17) is 0 Å². The first kappa shape index (κ1) is 17.2. The summed E-state index contributed by atoms with van der Waals surface area (Å²) in [6, 6.07) is -0.143. The molecule has 0 saturated carbocycles. The summed E-state index contributed by atoms with van der Waals surface area (Å²) in [5, 5.41) is 15.7. The van der Waals surface area contributed by atoms with Crippen molar-refractivity contribution in [2.45, 2.75) is 60.0 Å². The topological polar surface area (TPSA) is 61.4 Å². The van der Waals surface area contributed by atoms with Crippen LogP contribution in [0.2, 0.25) is 0 Å². The summed E-state index contributed by atoms with van der Waals surface area (Å²) in [6.45, 7) is 11.2. The Labute approximate surface area is 112 Å². The lowest BCUT2D eigenvalue weighted by Crippen LogP contribution is -2.46. The Morgan fingerprint density at radius 3 is 2.33 bits per heavy atom. The van der Waals surface area contributed by atoms with Gasteiger partial charge in [0, 0.05) is 18.5 Å². The highest BCUT2D eigenvalue weighted by Gasteiger charge is 2.30. The zero-order valence-corrected chi connectivity index (χ0v) is 12.5. The summed E-state index contributed by atoms with van der Waals surface area (Å²) in [7, 11) is 0. The highest BCUT2D eigenvalue weighted by Crippen LogP contribution is 2.24. The van der Waals surface area contributed by atoms with Crippen LogP contribution in [0.1, 0.15) is 53.9 Å². The Morgan fingerprint density at radius 1 is 1.22 bits per heavy atom. The molecule has 0 spiro atoms. The number of nitrogens with one attached hydrogen (secondary N) is 2. The third-order valence-corrected chi connectivity index (χ3v) is 3.20. The predicted octanol–water partition coefficient (Wildman–Crippen LogP) is 2.52. The second-order valence-electron chi connectivity index (χ2n) is 5.99. The number of aliphatic hydroxyl groups excluding tert-OH is 1. The molecule has 0 aromatic carbocycles. The van der Waals surface area contributed by atoms with E-state index in [2.05, 4.69) is 17.6 Å². The third kappa shape index (κ3) is 6.84. The van der Waals surface area contributed by atoms with Crippen molar-refractivity contribution in [3.8, 4) is 0 Å². The van der Waals surface area contributed by atoms with Crippen LogP contribution in [0.4, 0.5) is 4.79 Å². The fourth-order valence-electron chi connectivity index (χ4n) is 1.95. The molecule has 0 heterocycles. The summed E-state index contributed by atoms with van der Waals surface area (Å²) in [4.78, 5) is 11.5. The van der Waals surface area contributed by atoms with Crippen molar-refractivity contribution in [2.75, 3.05) is 13.1 Å². The number of amides is 2. The van der Waals surface area contributed by atoms with Gasteiger partial charge in [-0.3, -0.25) is 0 Å². The average Bonchev–Trinajstić information content (AvgIpc) is 2.31. The maximum atomic E-state index is 11.5. The lowest BCUT2D eigenvalue weighted by molar-refractivity contribution is 0.0151. The van der Waals surface area contributed by atoms with E-state index in [1.165, 1.54) is 0 Å². The first-order valence-corrected chi connectivity index (χ1v) is 7.01. The molecular formula is C14H30N2O2. The van der Waals surface area contributed by atoms with Gasteiger partial charge in [0.1, 0.15) is 0 Å². The van der Waals surface area contributed by atoms with E-state index in [0.29, 0.717) is 13.1 Å². The summed E-state index contributed by atoms with van der Waals surface area (Å²) >= 11 is 0. The van der Waals surface area contributed by atoms with Crippen LogP contribution in [-0.2, 0) is 0 Å². The average molecular weight is 258 g/mol. The lowest BCUT2D eigenvalue weighted by atomic mass is 9.81. The number of urea groups is 1. The minimum atomic E-state index is -0.419. The van der Waals surface area contributed by atoms with Crippen LogP contribution < -0.4 is 10.6 Å². The van der Waals surface area contributed by atoms with Gasteiger partial charge >= 0.3 is 6.03 Å². The summed E-state index contributed by atoms with van der Waals surface area (Å²) in [5.74, 6) is 0.189. The molecule has 0 aliphatic carbocycles. The highest BCUT2D eigenvalue weighted by molar-refractivity contribution is 5.73. The van der Waals surface area contributed by atoms with Gasteiger partial charge in [0.2, 0.25) is 0 Å². The molecule has 4 nitrogen and oxygen atoms in total. The molecule has 4 heteroatoms. The number of unbranched alkanes of at least 4 members (excludes halogenated alkanes) is 2. The van der Waals surface area contributed by atoms with Crippen molar-refractivity contribution in [2.24, 2.45) is 11.3 Å². The van der Waals surface area contributed by atoms with Gasteiger partial charge in [-0.2, -0.15) is 0 Å². The number of hydrogen-bond acceptors (Lipinski definition) is 2. The van der Waals surface area contributed by atoms with E-state index in [1.54, 1.807) is 0 Å². The first-order valence-electron chi connectivity index (χ1n) is 7.01. The number of aliphatic hydroxyl groups is 1. The van der Waals surface area contributed by atoms with Crippen LogP contribution in [0.3, 0.4) is 0 Å². The molecule has 0 radical (unpaired) electrons. The van der Waals surface area contributed by atoms with Crippen molar-refractivity contribution >= 4 is 6.03 Å². The summed E-state index contributed by atoms with van der Waals surface area (Å²) < 4.78 is 0. The smallest absolute Gasteiger partial charge is 0.314 e. The van der Waals surface area contributed by atoms with Gasteiger partial charge < -0.3 is 15.7 Å².